The fourth-order valence-electron chi connectivity index (χ4n) is 1.27. The molecule has 0 bridgehead atoms. The van der Waals surface area contributed by atoms with Crippen molar-refractivity contribution < 1.29 is 9.47 Å². The van der Waals surface area contributed by atoms with E-state index in [4.69, 9.17) is 15.2 Å². The molecule has 2 N–H and O–H groups in total. The predicted molar refractivity (Wildman–Crippen MR) is 77.5 cm³/mol. The van der Waals surface area contributed by atoms with E-state index in [9.17, 15) is 0 Å². The lowest BCUT2D eigenvalue weighted by Crippen LogP contribution is -2.08. The van der Waals surface area contributed by atoms with Crippen LogP contribution in [0.25, 0.3) is 0 Å². The van der Waals surface area contributed by atoms with Gasteiger partial charge in [0.2, 0.25) is 0 Å². The highest BCUT2D eigenvalue weighted by Crippen LogP contribution is 2.35. The molecular weight excluding hydrogens is 350 g/mol. The van der Waals surface area contributed by atoms with Gasteiger partial charge in [-0.1, -0.05) is 13.3 Å². The average Bonchev–Trinajstić information content (AvgIpc) is 2.26. The van der Waals surface area contributed by atoms with Gasteiger partial charge in [-0.25, -0.2) is 0 Å². The van der Waals surface area contributed by atoms with Crippen LogP contribution in [0, 0.1) is 0 Å². The number of benzene rings is 1. The van der Waals surface area contributed by atoms with E-state index in [1.165, 1.54) is 0 Å². The van der Waals surface area contributed by atoms with Crippen molar-refractivity contribution in [1.29, 1.82) is 0 Å². The Bertz CT molecular complexity index is 335. The second kappa shape index (κ2) is 7.95. The molecule has 5 heteroatoms. The highest BCUT2D eigenvalue weighted by Gasteiger charge is 2.07. The van der Waals surface area contributed by atoms with E-state index in [1.54, 1.807) is 0 Å². The van der Waals surface area contributed by atoms with Crippen LogP contribution >= 0.6 is 31.9 Å². The predicted octanol–water partition coefficient (Wildman–Crippen LogP) is 3.99. The molecule has 0 unspecified atom stereocenters. The number of hydrogen-bond donors (Lipinski definition) is 1. The number of halogens is 2. The molecular formula is C12H17Br2NO2. The molecule has 0 spiro atoms. The highest BCUT2D eigenvalue weighted by atomic mass is 79.9. The summed E-state index contributed by atoms with van der Waals surface area (Å²) in [6.45, 7) is 4.07. The first kappa shape index (κ1) is 14.8. The molecule has 0 radical (unpaired) electrons. The maximum atomic E-state index is 5.70. The summed E-state index contributed by atoms with van der Waals surface area (Å²) in [6.07, 6.45) is 2.24. The zero-order valence-corrected chi connectivity index (χ0v) is 13.0. The fourth-order valence-corrected chi connectivity index (χ4v) is 2.72. The maximum absolute atomic E-state index is 5.70. The lowest BCUT2D eigenvalue weighted by Gasteiger charge is -2.11. The van der Waals surface area contributed by atoms with Crippen LogP contribution in [0.5, 0.6) is 5.75 Å². The fraction of sp³-hybridized carbons (Fsp3) is 0.500. The molecule has 0 heterocycles. The minimum Gasteiger partial charge on any atom is -0.489 e. The van der Waals surface area contributed by atoms with Gasteiger partial charge in [0.1, 0.15) is 12.4 Å². The van der Waals surface area contributed by atoms with E-state index in [0.717, 1.165) is 34.1 Å². The summed E-state index contributed by atoms with van der Waals surface area (Å²) in [7, 11) is 0. The molecule has 1 aromatic carbocycles. The lowest BCUT2D eigenvalue weighted by molar-refractivity contribution is 0.0976. The standard InChI is InChI=1S/C12H17Br2NO2/c1-2-3-4-16-5-6-17-12-10(13)7-9(15)8-11(12)14/h7-8H,2-6,15H2,1H3. The van der Waals surface area contributed by atoms with Gasteiger partial charge in [-0.15, -0.1) is 0 Å². The second-order valence-corrected chi connectivity index (χ2v) is 5.34. The van der Waals surface area contributed by atoms with Gasteiger partial charge in [-0.2, -0.15) is 0 Å². The normalized spacial score (nSPS) is 10.5. The molecule has 1 aromatic rings. The minimum absolute atomic E-state index is 0.533. The molecule has 0 fully saturated rings. The molecule has 0 aliphatic rings. The van der Waals surface area contributed by atoms with E-state index >= 15 is 0 Å². The van der Waals surface area contributed by atoms with Crippen LogP contribution < -0.4 is 10.5 Å². The van der Waals surface area contributed by atoms with Crippen molar-refractivity contribution in [3.63, 3.8) is 0 Å². The van der Waals surface area contributed by atoms with Gasteiger partial charge >= 0.3 is 0 Å². The minimum atomic E-state index is 0.533. The van der Waals surface area contributed by atoms with Crippen LogP contribution in [-0.2, 0) is 4.74 Å². The first-order valence-corrected chi connectivity index (χ1v) is 7.18. The quantitative estimate of drug-likeness (QED) is 0.586. The molecule has 0 atom stereocenters. The third kappa shape index (κ3) is 5.27. The summed E-state index contributed by atoms with van der Waals surface area (Å²) < 4.78 is 12.7. The first-order chi connectivity index (χ1) is 8.15. The molecule has 0 saturated carbocycles. The van der Waals surface area contributed by atoms with Crippen molar-refractivity contribution in [2.45, 2.75) is 19.8 Å². The molecule has 96 valence electrons. The third-order valence-corrected chi connectivity index (χ3v) is 3.31. The van der Waals surface area contributed by atoms with Crippen LogP contribution in [0.3, 0.4) is 0 Å². The SMILES string of the molecule is CCCCOCCOc1c(Br)cc(N)cc1Br. The van der Waals surface area contributed by atoms with Crippen molar-refractivity contribution in [3.05, 3.63) is 21.1 Å². The lowest BCUT2D eigenvalue weighted by atomic mass is 10.3. The van der Waals surface area contributed by atoms with E-state index in [1.807, 2.05) is 12.1 Å². The third-order valence-electron chi connectivity index (χ3n) is 2.14. The molecule has 3 nitrogen and oxygen atoms in total. The Kier molecular flexibility index (Phi) is 6.92. The Labute approximate surface area is 119 Å². The van der Waals surface area contributed by atoms with Crippen LogP contribution in [0.1, 0.15) is 19.8 Å². The van der Waals surface area contributed by atoms with Crippen molar-refractivity contribution in [1.82, 2.24) is 0 Å². The molecule has 0 aliphatic carbocycles. The number of rotatable bonds is 7. The van der Waals surface area contributed by atoms with E-state index in [0.29, 0.717) is 18.9 Å². The van der Waals surface area contributed by atoms with E-state index in [2.05, 4.69) is 38.8 Å². The Morgan fingerprint density at radius 2 is 1.76 bits per heavy atom. The largest absolute Gasteiger partial charge is 0.489 e. The van der Waals surface area contributed by atoms with E-state index < -0.39 is 0 Å². The van der Waals surface area contributed by atoms with Crippen LogP contribution in [0.2, 0.25) is 0 Å². The monoisotopic (exact) mass is 365 g/mol. The number of anilines is 1. The van der Waals surface area contributed by atoms with Crippen molar-refractivity contribution in [3.8, 4) is 5.75 Å². The Hall–Kier alpha value is -0.260. The molecule has 0 amide bonds. The average molecular weight is 367 g/mol. The first-order valence-electron chi connectivity index (χ1n) is 5.60. The topological polar surface area (TPSA) is 44.5 Å². The zero-order chi connectivity index (χ0) is 12.7. The number of nitrogens with two attached hydrogens (primary N) is 1. The van der Waals surface area contributed by atoms with Gasteiger partial charge in [-0.05, 0) is 50.4 Å². The van der Waals surface area contributed by atoms with Crippen molar-refractivity contribution >= 4 is 37.5 Å². The van der Waals surface area contributed by atoms with Crippen LogP contribution in [0.4, 0.5) is 5.69 Å². The van der Waals surface area contributed by atoms with E-state index in [-0.39, 0.29) is 0 Å². The Morgan fingerprint density at radius 3 is 2.35 bits per heavy atom. The van der Waals surface area contributed by atoms with Crippen molar-refractivity contribution in [2.75, 3.05) is 25.6 Å². The van der Waals surface area contributed by atoms with Gasteiger partial charge in [0.25, 0.3) is 0 Å². The van der Waals surface area contributed by atoms with Gasteiger partial charge in [0, 0.05) is 12.3 Å². The van der Waals surface area contributed by atoms with Gasteiger partial charge < -0.3 is 15.2 Å². The second-order valence-electron chi connectivity index (χ2n) is 3.63. The summed E-state index contributed by atoms with van der Waals surface area (Å²) in [5.74, 6) is 0.762. The van der Waals surface area contributed by atoms with Gasteiger partial charge in [0.15, 0.2) is 0 Å². The molecule has 1 rings (SSSR count). The number of nitrogen functional groups attached to an aromatic ring is 1. The summed E-state index contributed by atoms with van der Waals surface area (Å²) in [6, 6.07) is 3.63. The molecule has 0 aliphatic heterocycles. The Morgan fingerprint density at radius 1 is 1.12 bits per heavy atom. The van der Waals surface area contributed by atoms with Crippen molar-refractivity contribution in [2.24, 2.45) is 0 Å². The van der Waals surface area contributed by atoms with Gasteiger partial charge in [-0.3, -0.25) is 0 Å². The number of unbranched alkanes of at least 4 members (excludes halogenated alkanes) is 1. The summed E-state index contributed by atoms with van der Waals surface area (Å²) >= 11 is 6.83. The smallest absolute Gasteiger partial charge is 0.147 e. The van der Waals surface area contributed by atoms with Gasteiger partial charge in [0.05, 0.1) is 15.6 Å². The number of ether oxygens (including phenoxy) is 2. The van der Waals surface area contributed by atoms with Crippen LogP contribution in [-0.4, -0.2) is 19.8 Å². The molecule has 0 aromatic heterocycles. The highest BCUT2D eigenvalue weighted by molar-refractivity contribution is 9.11. The molecule has 0 saturated heterocycles. The maximum Gasteiger partial charge on any atom is 0.147 e. The molecule has 17 heavy (non-hydrogen) atoms. The number of hydrogen-bond acceptors (Lipinski definition) is 3. The zero-order valence-electron chi connectivity index (χ0n) is 9.84. The summed E-state index contributed by atoms with van der Waals surface area (Å²) in [4.78, 5) is 0. The summed E-state index contributed by atoms with van der Waals surface area (Å²) in [5.41, 5.74) is 6.39. The Balaban J connectivity index is 2.36. The van der Waals surface area contributed by atoms with Crippen LogP contribution in [0.15, 0.2) is 21.1 Å². The summed E-state index contributed by atoms with van der Waals surface area (Å²) in [5, 5.41) is 0.